The largest absolute Gasteiger partial charge is 0.491 e. The second-order valence-corrected chi connectivity index (χ2v) is 4.06. The van der Waals surface area contributed by atoms with Crippen molar-refractivity contribution in [2.24, 2.45) is 0 Å². The van der Waals surface area contributed by atoms with E-state index < -0.39 is 0 Å². The van der Waals surface area contributed by atoms with E-state index in [0.29, 0.717) is 0 Å². The number of nitrogens with one attached hydrogen (secondary N) is 1. The minimum Gasteiger partial charge on any atom is -0.491 e. The van der Waals surface area contributed by atoms with E-state index in [0.717, 1.165) is 25.3 Å². The zero-order valence-corrected chi connectivity index (χ0v) is 10.2. The van der Waals surface area contributed by atoms with Gasteiger partial charge in [0.2, 0.25) is 0 Å². The summed E-state index contributed by atoms with van der Waals surface area (Å²) in [5, 5.41) is 3.35. The van der Waals surface area contributed by atoms with Gasteiger partial charge in [-0.1, -0.05) is 18.2 Å². The van der Waals surface area contributed by atoms with Crippen LogP contribution in [0.2, 0.25) is 0 Å². The molecule has 0 aromatic heterocycles. The molecule has 88 valence electrons. The quantitative estimate of drug-likeness (QED) is 0.562. The summed E-state index contributed by atoms with van der Waals surface area (Å²) in [6.45, 7) is 9.63. The van der Waals surface area contributed by atoms with Crippen molar-refractivity contribution in [1.29, 1.82) is 0 Å². The van der Waals surface area contributed by atoms with Crippen molar-refractivity contribution in [1.82, 2.24) is 5.32 Å². The Morgan fingerprint density at radius 2 is 2.00 bits per heavy atom. The van der Waals surface area contributed by atoms with Gasteiger partial charge >= 0.3 is 0 Å². The Bertz CT molecular complexity index is 303. The fraction of sp³-hybridized carbons (Fsp3) is 0.429. The standard InChI is InChI=1S/C14H21NO/c1-4-5-10-15-11-13-6-8-14(9-7-13)16-12(2)3/h4,6-9,12,15H,1,5,10-11H2,2-3H3. The fourth-order valence-corrected chi connectivity index (χ4v) is 1.39. The highest BCUT2D eigenvalue weighted by Crippen LogP contribution is 2.13. The number of ether oxygens (including phenoxy) is 1. The van der Waals surface area contributed by atoms with E-state index in [2.05, 4.69) is 24.0 Å². The first kappa shape index (κ1) is 12.8. The van der Waals surface area contributed by atoms with Gasteiger partial charge in [0.25, 0.3) is 0 Å². The van der Waals surface area contributed by atoms with E-state index in [1.54, 1.807) is 0 Å². The van der Waals surface area contributed by atoms with Crippen molar-refractivity contribution in [3.05, 3.63) is 42.5 Å². The molecule has 1 aromatic carbocycles. The molecule has 0 aliphatic carbocycles. The smallest absolute Gasteiger partial charge is 0.119 e. The van der Waals surface area contributed by atoms with E-state index in [4.69, 9.17) is 4.74 Å². The molecule has 16 heavy (non-hydrogen) atoms. The molecule has 0 saturated carbocycles. The molecule has 0 saturated heterocycles. The molecule has 1 aromatic rings. The average Bonchev–Trinajstić information content (AvgIpc) is 2.26. The van der Waals surface area contributed by atoms with E-state index in [-0.39, 0.29) is 6.10 Å². The van der Waals surface area contributed by atoms with Crippen molar-refractivity contribution in [3.63, 3.8) is 0 Å². The molecule has 1 rings (SSSR count). The summed E-state index contributed by atoms with van der Waals surface area (Å²) in [5.74, 6) is 0.935. The van der Waals surface area contributed by atoms with Crippen LogP contribution in [-0.2, 0) is 6.54 Å². The summed E-state index contributed by atoms with van der Waals surface area (Å²) < 4.78 is 5.58. The molecule has 0 amide bonds. The molecule has 2 heteroatoms. The second-order valence-electron chi connectivity index (χ2n) is 4.06. The Kier molecular flexibility index (Phi) is 5.65. The van der Waals surface area contributed by atoms with Crippen LogP contribution in [0.3, 0.4) is 0 Å². The van der Waals surface area contributed by atoms with Crippen LogP contribution < -0.4 is 10.1 Å². The van der Waals surface area contributed by atoms with E-state index in [1.165, 1.54) is 5.56 Å². The monoisotopic (exact) mass is 219 g/mol. The van der Waals surface area contributed by atoms with E-state index in [1.807, 2.05) is 32.1 Å². The first-order valence-corrected chi connectivity index (χ1v) is 5.79. The molecule has 0 unspecified atom stereocenters. The molecule has 0 spiro atoms. The lowest BCUT2D eigenvalue weighted by Gasteiger charge is -2.10. The summed E-state index contributed by atoms with van der Waals surface area (Å²) in [7, 11) is 0. The van der Waals surface area contributed by atoms with Gasteiger partial charge in [0.15, 0.2) is 0 Å². The SMILES string of the molecule is C=CCCNCc1ccc(OC(C)C)cc1. The molecule has 0 aliphatic rings. The maximum absolute atomic E-state index is 5.58. The normalized spacial score (nSPS) is 10.4. The molecule has 0 bridgehead atoms. The van der Waals surface area contributed by atoms with Crippen LogP contribution in [0.25, 0.3) is 0 Å². The first-order valence-electron chi connectivity index (χ1n) is 5.79. The highest BCUT2D eigenvalue weighted by molar-refractivity contribution is 5.27. The number of rotatable bonds is 7. The average molecular weight is 219 g/mol. The highest BCUT2D eigenvalue weighted by atomic mass is 16.5. The van der Waals surface area contributed by atoms with Gasteiger partial charge in [-0.05, 0) is 44.5 Å². The van der Waals surface area contributed by atoms with Gasteiger partial charge in [0.05, 0.1) is 6.10 Å². The molecule has 0 heterocycles. The van der Waals surface area contributed by atoms with Gasteiger partial charge in [-0.2, -0.15) is 0 Å². The lowest BCUT2D eigenvalue weighted by molar-refractivity contribution is 0.242. The van der Waals surface area contributed by atoms with Gasteiger partial charge in [0, 0.05) is 6.54 Å². The van der Waals surface area contributed by atoms with E-state index >= 15 is 0 Å². The lowest BCUT2D eigenvalue weighted by Crippen LogP contribution is -2.13. The summed E-state index contributed by atoms with van der Waals surface area (Å²) in [6, 6.07) is 8.23. The maximum atomic E-state index is 5.58. The Morgan fingerprint density at radius 3 is 2.56 bits per heavy atom. The van der Waals surface area contributed by atoms with Gasteiger partial charge in [0.1, 0.15) is 5.75 Å². The predicted molar refractivity (Wildman–Crippen MR) is 68.7 cm³/mol. The number of hydrogen-bond donors (Lipinski definition) is 1. The van der Waals surface area contributed by atoms with Crippen LogP contribution in [0.15, 0.2) is 36.9 Å². The lowest BCUT2D eigenvalue weighted by atomic mass is 10.2. The summed E-state index contributed by atoms with van der Waals surface area (Å²) >= 11 is 0. The van der Waals surface area contributed by atoms with Crippen molar-refractivity contribution in [2.45, 2.75) is 32.9 Å². The number of benzene rings is 1. The van der Waals surface area contributed by atoms with Gasteiger partial charge < -0.3 is 10.1 Å². The third-order valence-corrected chi connectivity index (χ3v) is 2.15. The Labute approximate surface area is 98.3 Å². The molecule has 0 aliphatic heterocycles. The third kappa shape index (κ3) is 4.99. The van der Waals surface area contributed by atoms with Crippen LogP contribution in [0, 0.1) is 0 Å². The van der Waals surface area contributed by atoms with Crippen LogP contribution in [0.5, 0.6) is 5.75 Å². The molecule has 0 fully saturated rings. The number of hydrogen-bond acceptors (Lipinski definition) is 2. The summed E-state index contributed by atoms with van der Waals surface area (Å²) in [6.07, 6.45) is 3.16. The Hall–Kier alpha value is -1.28. The van der Waals surface area contributed by atoms with E-state index in [9.17, 15) is 0 Å². The van der Waals surface area contributed by atoms with Crippen molar-refractivity contribution >= 4 is 0 Å². The van der Waals surface area contributed by atoms with Crippen molar-refractivity contribution in [3.8, 4) is 5.75 Å². The molecule has 2 nitrogen and oxygen atoms in total. The van der Waals surface area contributed by atoms with Crippen LogP contribution in [-0.4, -0.2) is 12.6 Å². The first-order chi connectivity index (χ1) is 7.72. The minimum absolute atomic E-state index is 0.233. The molecule has 0 atom stereocenters. The zero-order chi connectivity index (χ0) is 11.8. The molecule has 1 N–H and O–H groups in total. The second kappa shape index (κ2) is 7.07. The molecular weight excluding hydrogens is 198 g/mol. The zero-order valence-electron chi connectivity index (χ0n) is 10.2. The Morgan fingerprint density at radius 1 is 1.31 bits per heavy atom. The van der Waals surface area contributed by atoms with Gasteiger partial charge in [-0.15, -0.1) is 6.58 Å². The Balaban J connectivity index is 2.36. The van der Waals surface area contributed by atoms with Crippen LogP contribution in [0.4, 0.5) is 0 Å². The van der Waals surface area contributed by atoms with Crippen LogP contribution in [0.1, 0.15) is 25.8 Å². The molecular formula is C14H21NO. The highest BCUT2D eigenvalue weighted by Gasteiger charge is 1.97. The summed E-state index contributed by atoms with van der Waals surface area (Å²) in [4.78, 5) is 0. The summed E-state index contributed by atoms with van der Waals surface area (Å²) in [5.41, 5.74) is 1.28. The fourth-order valence-electron chi connectivity index (χ4n) is 1.39. The third-order valence-electron chi connectivity index (χ3n) is 2.15. The van der Waals surface area contributed by atoms with Gasteiger partial charge in [-0.25, -0.2) is 0 Å². The van der Waals surface area contributed by atoms with Crippen LogP contribution >= 0.6 is 0 Å². The molecule has 0 radical (unpaired) electrons. The maximum Gasteiger partial charge on any atom is 0.119 e. The van der Waals surface area contributed by atoms with Gasteiger partial charge in [-0.3, -0.25) is 0 Å². The van der Waals surface area contributed by atoms with Crippen molar-refractivity contribution in [2.75, 3.05) is 6.54 Å². The predicted octanol–water partition coefficient (Wildman–Crippen LogP) is 3.14. The topological polar surface area (TPSA) is 21.3 Å². The van der Waals surface area contributed by atoms with Crippen molar-refractivity contribution < 1.29 is 4.74 Å². The minimum atomic E-state index is 0.233.